The van der Waals surface area contributed by atoms with Gasteiger partial charge in [0.25, 0.3) is 0 Å². The van der Waals surface area contributed by atoms with Crippen molar-refractivity contribution in [3.63, 3.8) is 0 Å². The normalized spacial score (nSPS) is 38.4. The third-order valence-corrected chi connectivity index (χ3v) is 5.97. The second kappa shape index (κ2) is 4.49. The lowest BCUT2D eigenvalue weighted by Gasteiger charge is -2.57. The maximum Gasteiger partial charge on any atom is 0.118 e. The van der Waals surface area contributed by atoms with Gasteiger partial charge >= 0.3 is 0 Å². The van der Waals surface area contributed by atoms with E-state index in [1.807, 2.05) is 13.0 Å². The third kappa shape index (κ3) is 2.14. The maximum absolute atomic E-state index is 9.62. The van der Waals surface area contributed by atoms with Gasteiger partial charge in [0.2, 0.25) is 0 Å². The van der Waals surface area contributed by atoms with E-state index in [1.54, 1.807) is 0 Å². The quantitative estimate of drug-likeness (QED) is 0.877. The van der Waals surface area contributed by atoms with Gasteiger partial charge in [0, 0.05) is 12.1 Å². The molecule has 0 heterocycles. The van der Waals surface area contributed by atoms with Gasteiger partial charge < -0.3 is 10.4 Å². The lowest BCUT2D eigenvalue weighted by Crippen LogP contribution is -2.58. The highest BCUT2D eigenvalue weighted by Crippen LogP contribution is 2.55. The summed E-state index contributed by atoms with van der Waals surface area (Å²) in [5, 5.41) is 13.5. The lowest BCUT2D eigenvalue weighted by molar-refractivity contribution is -0.0206. The SMILES string of the molecule is Cc1cc(CNC23CC4CC(CC(C4)C2)C3)ccc1O. The fourth-order valence-electron chi connectivity index (χ4n) is 5.44. The molecule has 0 spiro atoms. The molecule has 4 fully saturated rings. The first kappa shape index (κ1) is 12.7. The number of aryl methyl sites for hydroxylation is 1. The van der Waals surface area contributed by atoms with Gasteiger partial charge in [0.05, 0.1) is 0 Å². The van der Waals surface area contributed by atoms with Crippen LogP contribution in [0.15, 0.2) is 18.2 Å². The van der Waals surface area contributed by atoms with Crippen LogP contribution in [-0.2, 0) is 6.54 Å². The molecule has 2 N–H and O–H groups in total. The summed E-state index contributed by atoms with van der Waals surface area (Å²) in [4.78, 5) is 0. The minimum Gasteiger partial charge on any atom is -0.508 e. The largest absolute Gasteiger partial charge is 0.508 e. The molecular weight excluding hydrogens is 246 g/mol. The molecule has 0 atom stereocenters. The fourth-order valence-corrected chi connectivity index (χ4v) is 5.44. The Morgan fingerprint density at radius 1 is 1.10 bits per heavy atom. The van der Waals surface area contributed by atoms with Gasteiger partial charge in [-0.25, -0.2) is 0 Å². The minimum atomic E-state index is 0.406. The molecule has 1 aromatic carbocycles. The van der Waals surface area contributed by atoms with E-state index in [-0.39, 0.29) is 0 Å². The summed E-state index contributed by atoms with van der Waals surface area (Å²) in [6.45, 7) is 2.93. The summed E-state index contributed by atoms with van der Waals surface area (Å²) in [6, 6.07) is 5.99. The van der Waals surface area contributed by atoms with Crippen LogP contribution in [0.25, 0.3) is 0 Å². The van der Waals surface area contributed by atoms with Crippen molar-refractivity contribution in [2.45, 2.75) is 57.5 Å². The van der Waals surface area contributed by atoms with E-state index in [0.717, 1.165) is 29.9 Å². The van der Waals surface area contributed by atoms with Crippen LogP contribution in [0.4, 0.5) is 0 Å². The molecule has 0 unspecified atom stereocenters. The minimum absolute atomic E-state index is 0.406. The zero-order valence-electron chi connectivity index (χ0n) is 12.4. The van der Waals surface area contributed by atoms with E-state index in [0.29, 0.717) is 11.3 Å². The first-order valence-corrected chi connectivity index (χ1v) is 8.15. The van der Waals surface area contributed by atoms with Gasteiger partial charge in [0.1, 0.15) is 5.75 Å². The summed E-state index contributed by atoms with van der Waals surface area (Å²) in [5.74, 6) is 3.39. The zero-order valence-corrected chi connectivity index (χ0v) is 12.4. The first-order chi connectivity index (χ1) is 9.62. The van der Waals surface area contributed by atoms with E-state index in [2.05, 4.69) is 17.4 Å². The molecule has 1 aromatic rings. The average Bonchev–Trinajstić information content (AvgIpc) is 2.39. The second-order valence-electron chi connectivity index (χ2n) is 7.67. The Morgan fingerprint density at radius 2 is 1.70 bits per heavy atom. The Bertz CT molecular complexity index is 487. The Morgan fingerprint density at radius 3 is 2.25 bits per heavy atom. The van der Waals surface area contributed by atoms with E-state index in [4.69, 9.17) is 0 Å². The van der Waals surface area contributed by atoms with Gasteiger partial charge in [-0.05, 0) is 80.4 Å². The predicted molar refractivity (Wildman–Crippen MR) is 80.6 cm³/mol. The van der Waals surface area contributed by atoms with Crippen molar-refractivity contribution in [1.29, 1.82) is 0 Å². The zero-order chi connectivity index (χ0) is 13.7. The van der Waals surface area contributed by atoms with Gasteiger partial charge in [-0.3, -0.25) is 0 Å². The maximum atomic E-state index is 9.62. The van der Waals surface area contributed by atoms with Gasteiger partial charge in [-0.2, -0.15) is 0 Å². The molecule has 4 aliphatic rings. The monoisotopic (exact) mass is 271 g/mol. The van der Waals surface area contributed by atoms with Crippen molar-refractivity contribution in [2.24, 2.45) is 17.8 Å². The highest BCUT2D eigenvalue weighted by molar-refractivity contribution is 5.35. The number of hydrogen-bond donors (Lipinski definition) is 2. The molecule has 4 saturated carbocycles. The molecular formula is C18H25NO. The fraction of sp³-hybridized carbons (Fsp3) is 0.667. The number of phenols is 1. The molecule has 0 saturated heterocycles. The van der Waals surface area contributed by atoms with Crippen LogP contribution >= 0.6 is 0 Å². The van der Waals surface area contributed by atoms with Crippen molar-refractivity contribution in [3.05, 3.63) is 29.3 Å². The average molecular weight is 271 g/mol. The number of aromatic hydroxyl groups is 1. The molecule has 108 valence electrons. The van der Waals surface area contributed by atoms with E-state index < -0.39 is 0 Å². The molecule has 2 heteroatoms. The number of benzene rings is 1. The van der Waals surface area contributed by atoms with Crippen LogP contribution in [-0.4, -0.2) is 10.6 Å². The van der Waals surface area contributed by atoms with Gasteiger partial charge in [0.15, 0.2) is 0 Å². The first-order valence-electron chi connectivity index (χ1n) is 8.15. The molecule has 2 nitrogen and oxygen atoms in total. The third-order valence-electron chi connectivity index (χ3n) is 5.97. The molecule has 0 aromatic heterocycles. The Labute approximate surface area is 121 Å². The van der Waals surface area contributed by atoms with E-state index in [9.17, 15) is 5.11 Å². The highest BCUT2D eigenvalue weighted by atomic mass is 16.3. The topological polar surface area (TPSA) is 32.3 Å². The Hall–Kier alpha value is -1.02. The number of phenolic OH excluding ortho intramolecular Hbond substituents is 1. The van der Waals surface area contributed by atoms with Crippen LogP contribution in [0.1, 0.15) is 49.7 Å². The Balaban J connectivity index is 1.47. The molecule has 4 bridgehead atoms. The predicted octanol–water partition coefficient (Wildman–Crippen LogP) is 3.76. The molecule has 0 amide bonds. The van der Waals surface area contributed by atoms with Gasteiger partial charge in [-0.15, -0.1) is 0 Å². The van der Waals surface area contributed by atoms with Crippen molar-refractivity contribution in [1.82, 2.24) is 5.32 Å². The summed E-state index contributed by atoms with van der Waals surface area (Å²) in [5.41, 5.74) is 2.71. The highest BCUT2D eigenvalue weighted by Gasteiger charge is 2.50. The molecule has 4 aliphatic carbocycles. The van der Waals surface area contributed by atoms with Crippen LogP contribution in [0, 0.1) is 24.7 Å². The van der Waals surface area contributed by atoms with Crippen molar-refractivity contribution in [3.8, 4) is 5.75 Å². The summed E-state index contributed by atoms with van der Waals surface area (Å²) >= 11 is 0. The molecule has 20 heavy (non-hydrogen) atoms. The summed E-state index contributed by atoms with van der Waals surface area (Å²) in [6.07, 6.45) is 8.69. The van der Waals surface area contributed by atoms with E-state index >= 15 is 0 Å². The number of nitrogens with one attached hydrogen (secondary N) is 1. The van der Waals surface area contributed by atoms with Crippen molar-refractivity contribution < 1.29 is 5.11 Å². The van der Waals surface area contributed by atoms with Crippen LogP contribution in [0.5, 0.6) is 5.75 Å². The number of hydrogen-bond acceptors (Lipinski definition) is 2. The van der Waals surface area contributed by atoms with Crippen molar-refractivity contribution in [2.75, 3.05) is 0 Å². The van der Waals surface area contributed by atoms with E-state index in [1.165, 1.54) is 44.1 Å². The lowest BCUT2D eigenvalue weighted by atomic mass is 9.53. The van der Waals surface area contributed by atoms with Crippen LogP contribution < -0.4 is 5.32 Å². The number of rotatable bonds is 3. The smallest absolute Gasteiger partial charge is 0.118 e. The van der Waals surface area contributed by atoms with Crippen LogP contribution in [0.2, 0.25) is 0 Å². The second-order valence-corrected chi connectivity index (χ2v) is 7.67. The van der Waals surface area contributed by atoms with Crippen LogP contribution in [0.3, 0.4) is 0 Å². The molecule has 5 rings (SSSR count). The van der Waals surface area contributed by atoms with Gasteiger partial charge in [-0.1, -0.05) is 12.1 Å². The Kier molecular flexibility index (Phi) is 2.85. The van der Waals surface area contributed by atoms with Crippen molar-refractivity contribution >= 4 is 0 Å². The molecule has 0 aliphatic heterocycles. The summed E-state index contributed by atoms with van der Waals surface area (Å²) in [7, 11) is 0. The molecule has 0 radical (unpaired) electrons. The summed E-state index contributed by atoms with van der Waals surface area (Å²) < 4.78 is 0. The standard InChI is InChI=1S/C18H25NO/c1-12-4-13(2-3-17(12)20)11-19-18-8-14-5-15(9-18)7-16(6-14)10-18/h2-4,14-16,19-20H,5-11H2,1H3.